The zero-order valence-corrected chi connectivity index (χ0v) is 42.3. The maximum atomic E-state index is 13.0. The minimum atomic E-state index is -1.77. The van der Waals surface area contributed by atoms with Gasteiger partial charge in [-0.25, -0.2) is 0 Å². The monoisotopic (exact) mass is 983 g/mol. The van der Waals surface area contributed by atoms with Crippen LogP contribution in [0.2, 0.25) is 0 Å². The van der Waals surface area contributed by atoms with Gasteiger partial charge in [-0.3, -0.25) is 9.59 Å². The van der Waals surface area contributed by atoms with E-state index < -0.39 is 92.7 Å². The molecule has 15 nitrogen and oxygen atoms in total. The van der Waals surface area contributed by atoms with Gasteiger partial charge >= 0.3 is 11.9 Å². The molecule has 2 heterocycles. The van der Waals surface area contributed by atoms with E-state index in [9.17, 15) is 45.3 Å². The van der Waals surface area contributed by atoms with Crippen molar-refractivity contribution >= 4 is 11.9 Å². The summed E-state index contributed by atoms with van der Waals surface area (Å²) in [6.45, 7) is 2.51. The van der Waals surface area contributed by atoms with Crippen molar-refractivity contribution in [1.29, 1.82) is 0 Å². The molecule has 0 aliphatic carbocycles. The van der Waals surface area contributed by atoms with Crippen LogP contribution in [0.1, 0.15) is 187 Å². The average molecular weight is 983 g/mol. The van der Waals surface area contributed by atoms with Crippen LogP contribution in [0.3, 0.4) is 0 Å². The Kier molecular flexibility index (Phi) is 37.2. The molecule has 69 heavy (non-hydrogen) atoms. The van der Waals surface area contributed by atoms with E-state index in [1.165, 1.54) is 64.2 Å². The highest BCUT2D eigenvalue weighted by Crippen LogP contribution is 2.26. The first kappa shape index (κ1) is 62.6. The van der Waals surface area contributed by atoms with Gasteiger partial charge in [-0.2, -0.15) is 0 Å². The number of carbonyl (C=O) groups is 2. The van der Waals surface area contributed by atoms with E-state index in [-0.39, 0.29) is 26.1 Å². The van der Waals surface area contributed by atoms with E-state index >= 15 is 0 Å². The van der Waals surface area contributed by atoms with E-state index in [2.05, 4.69) is 62.5 Å². The van der Waals surface area contributed by atoms with Gasteiger partial charge in [0.1, 0.15) is 55.4 Å². The largest absolute Gasteiger partial charge is 0.462 e. The molecule has 11 atom stereocenters. The number of aliphatic hydroxyl groups excluding tert-OH is 7. The van der Waals surface area contributed by atoms with Crippen LogP contribution in [0.4, 0.5) is 0 Å². The molecule has 0 amide bonds. The van der Waals surface area contributed by atoms with Crippen LogP contribution in [-0.4, -0.2) is 142 Å². The number of aliphatic hydroxyl groups is 7. The number of carbonyl (C=O) groups excluding carboxylic acids is 2. The molecule has 2 rings (SSSR count). The third-order valence-corrected chi connectivity index (χ3v) is 12.5. The maximum absolute atomic E-state index is 13.0. The second kappa shape index (κ2) is 41.0. The van der Waals surface area contributed by atoms with Gasteiger partial charge < -0.3 is 64.2 Å². The fourth-order valence-electron chi connectivity index (χ4n) is 8.09. The molecule has 0 radical (unpaired) electrons. The number of hydrogen-bond donors (Lipinski definition) is 7. The van der Waals surface area contributed by atoms with Crippen LogP contribution in [0, 0.1) is 0 Å². The fraction of sp³-hybridized carbons (Fsp3) is 0.815. The number of esters is 2. The number of ether oxygens (including phenoxy) is 6. The molecule has 2 fully saturated rings. The second-order valence-electron chi connectivity index (χ2n) is 18.7. The van der Waals surface area contributed by atoms with Gasteiger partial charge in [0.2, 0.25) is 0 Å². The van der Waals surface area contributed by atoms with Gasteiger partial charge in [-0.05, 0) is 70.6 Å². The van der Waals surface area contributed by atoms with E-state index in [1.54, 1.807) is 0 Å². The van der Waals surface area contributed by atoms with Crippen molar-refractivity contribution in [1.82, 2.24) is 0 Å². The van der Waals surface area contributed by atoms with Crippen LogP contribution in [0.5, 0.6) is 0 Å². The summed E-state index contributed by atoms with van der Waals surface area (Å²) >= 11 is 0. The lowest BCUT2D eigenvalue weighted by atomic mass is 9.98. The number of hydrogen-bond acceptors (Lipinski definition) is 15. The van der Waals surface area contributed by atoms with Crippen molar-refractivity contribution in [2.75, 3.05) is 26.4 Å². The minimum absolute atomic E-state index is 0.156. The molecule has 0 spiro atoms. The van der Waals surface area contributed by atoms with Crippen LogP contribution in [0.15, 0.2) is 48.6 Å². The molecule has 4 unspecified atom stereocenters. The standard InChI is InChI=1S/C54H94O15/c1-3-5-7-9-11-13-15-17-19-20-21-22-23-25-27-29-31-33-35-37-46(57)67-42(39-64-45(56)36-34-32-30-28-26-24-18-16-14-12-10-8-6-4-2)40-65-53-52(63)50(61)48(59)44(69-53)41-66-54-51(62)49(60)47(58)43(38-55)68-54/h10-13,16-19,42-44,47-55,58-63H,3-9,14-15,20-41H2,1-2H3/b12-10+,13-11+,18-16+,19-17+/t42-,43+,44+,47-,48-,49?,50?,51?,52?,53+,54+/m1/s1. The summed E-state index contributed by atoms with van der Waals surface area (Å²) in [6.07, 6.45) is 28.4. The van der Waals surface area contributed by atoms with Gasteiger partial charge in [0.15, 0.2) is 18.7 Å². The highest BCUT2D eigenvalue weighted by atomic mass is 16.7. The Morgan fingerprint density at radius 3 is 1.39 bits per heavy atom. The molecule has 0 aromatic rings. The lowest BCUT2D eigenvalue weighted by Gasteiger charge is -2.42. The van der Waals surface area contributed by atoms with Gasteiger partial charge in [0.25, 0.3) is 0 Å². The van der Waals surface area contributed by atoms with Crippen molar-refractivity contribution in [2.24, 2.45) is 0 Å². The SMILES string of the molecule is CCCC/C=C/C/C=C/CCCCCCCC(=O)OC[C@H](CO[C@H]1O[C@@H](CO[C@H]2O[C@@H](CO)[C@@H](O)C(O)C2O)[C@@H](O)C(O)C1O)OC(=O)CCCCCCCCCCC/C=C/C/C=C/CCCCC. The predicted molar refractivity (Wildman–Crippen MR) is 266 cm³/mol. The van der Waals surface area contributed by atoms with Crippen molar-refractivity contribution in [3.63, 3.8) is 0 Å². The fourth-order valence-corrected chi connectivity index (χ4v) is 8.09. The van der Waals surface area contributed by atoms with Crippen LogP contribution in [-0.2, 0) is 38.0 Å². The summed E-state index contributed by atoms with van der Waals surface area (Å²) in [4.78, 5) is 25.8. The van der Waals surface area contributed by atoms with Crippen molar-refractivity contribution in [3.8, 4) is 0 Å². The van der Waals surface area contributed by atoms with E-state index in [0.29, 0.717) is 12.8 Å². The van der Waals surface area contributed by atoms with E-state index in [1.807, 2.05) is 0 Å². The van der Waals surface area contributed by atoms with E-state index in [0.717, 1.165) is 83.5 Å². The number of unbranched alkanes of at least 4 members (excludes halogenated alkanes) is 19. The number of rotatable bonds is 41. The summed E-state index contributed by atoms with van der Waals surface area (Å²) < 4.78 is 33.6. The number of allylic oxidation sites excluding steroid dienone is 8. The van der Waals surface area contributed by atoms with Gasteiger partial charge in [-0.15, -0.1) is 0 Å². The third kappa shape index (κ3) is 28.9. The van der Waals surface area contributed by atoms with Crippen molar-refractivity contribution in [2.45, 2.75) is 255 Å². The second-order valence-corrected chi connectivity index (χ2v) is 18.7. The Balaban J connectivity index is 1.80. The topological polar surface area (TPSA) is 231 Å². The predicted octanol–water partition coefficient (Wildman–Crippen LogP) is 7.88. The highest BCUT2D eigenvalue weighted by Gasteiger charge is 2.47. The first-order valence-electron chi connectivity index (χ1n) is 26.7. The first-order valence-corrected chi connectivity index (χ1v) is 26.7. The molecular weight excluding hydrogens is 889 g/mol. The summed E-state index contributed by atoms with van der Waals surface area (Å²) in [5.41, 5.74) is 0. The molecule has 0 aromatic carbocycles. The molecule has 0 saturated carbocycles. The average Bonchev–Trinajstić information content (AvgIpc) is 3.34. The Bertz CT molecular complexity index is 1390. The van der Waals surface area contributed by atoms with Crippen molar-refractivity contribution in [3.05, 3.63) is 48.6 Å². The summed E-state index contributed by atoms with van der Waals surface area (Å²) in [5.74, 6) is -0.946. The zero-order valence-electron chi connectivity index (χ0n) is 42.3. The minimum Gasteiger partial charge on any atom is -0.462 e. The van der Waals surface area contributed by atoms with Crippen LogP contribution < -0.4 is 0 Å². The van der Waals surface area contributed by atoms with E-state index in [4.69, 9.17) is 28.4 Å². The van der Waals surface area contributed by atoms with Gasteiger partial charge in [0.05, 0.1) is 19.8 Å². The summed E-state index contributed by atoms with van der Waals surface area (Å²) in [6, 6.07) is 0. The first-order chi connectivity index (χ1) is 33.5. The quantitative estimate of drug-likeness (QED) is 0.0176. The Hall–Kier alpha value is -2.54. The van der Waals surface area contributed by atoms with Gasteiger partial charge in [-0.1, -0.05) is 152 Å². The molecule has 400 valence electrons. The molecule has 2 aliphatic rings. The summed E-state index contributed by atoms with van der Waals surface area (Å²) in [7, 11) is 0. The molecule has 15 heteroatoms. The van der Waals surface area contributed by atoms with Crippen LogP contribution >= 0.6 is 0 Å². The molecule has 7 N–H and O–H groups in total. The highest BCUT2D eigenvalue weighted by molar-refractivity contribution is 5.70. The van der Waals surface area contributed by atoms with Crippen molar-refractivity contribution < 1.29 is 73.8 Å². The van der Waals surface area contributed by atoms with Gasteiger partial charge in [0, 0.05) is 12.8 Å². The molecule has 2 saturated heterocycles. The Morgan fingerprint density at radius 2 is 0.884 bits per heavy atom. The molecule has 0 aromatic heterocycles. The Labute approximate surface area is 414 Å². The smallest absolute Gasteiger partial charge is 0.306 e. The molecule has 2 aliphatic heterocycles. The lowest BCUT2D eigenvalue weighted by Crippen LogP contribution is -2.61. The van der Waals surface area contributed by atoms with Crippen LogP contribution in [0.25, 0.3) is 0 Å². The normalized spacial score (nSPS) is 25.9. The third-order valence-electron chi connectivity index (χ3n) is 12.5. The maximum Gasteiger partial charge on any atom is 0.306 e. The Morgan fingerprint density at radius 1 is 0.464 bits per heavy atom. The lowest BCUT2D eigenvalue weighted by molar-refractivity contribution is -0.332. The zero-order chi connectivity index (χ0) is 50.3. The summed E-state index contributed by atoms with van der Waals surface area (Å²) in [5, 5.41) is 72.1. The molecular formula is C54H94O15. The molecule has 0 bridgehead atoms.